The minimum absolute atomic E-state index is 0.112. The first-order chi connectivity index (χ1) is 14.0. The number of rotatable bonds is 13. The second-order valence-corrected chi connectivity index (χ2v) is 10.2. The highest BCUT2D eigenvalue weighted by molar-refractivity contribution is 6.21. The van der Waals surface area contributed by atoms with Gasteiger partial charge in [0.15, 0.2) is 0 Å². The Morgan fingerprint density at radius 2 is 2.07 bits per heavy atom. The van der Waals surface area contributed by atoms with Crippen molar-refractivity contribution in [2.75, 3.05) is 20.2 Å². The van der Waals surface area contributed by atoms with E-state index in [4.69, 9.17) is 11.6 Å². The number of unbranched alkanes of at least 4 members (excludes halogenated alkanes) is 1. The maximum absolute atomic E-state index is 11.1. The average molecular weight is 426 g/mol. The van der Waals surface area contributed by atoms with Crippen LogP contribution in [0.4, 0.5) is 0 Å². The molecule has 2 aliphatic carbocycles. The van der Waals surface area contributed by atoms with Crippen LogP contribution in [0, 0.1) is 11.3 Å². The number of esters is 1. The molecule has 3 atom stereocenters. The van der Waals surface area contributed by atoms with Crippen LogP contribution in [0.2, 0.25) is 0 Å². The van der Waals surface area contributed by atoms with Crippen molar-refractivity contribution in [2.24, 2.45) is 11.3 Å². The fourth-order valence-corrected chi connectivity index (χ4v) is 5.63. The highest BCUT2D eigenvalue weighted by Gasteiger charge is 2.46. The number of likely N-dealkylation sites (tertiary alicyclic amines) is 1. The van der Waals surface area contributed by atoms with Crippen molar-refractivity contribution in [3.63, 3.8) is 0 Å². The Balaban J connectivity index is 1.35. The Labute approximate surface area is 182 Å². The number of aliphatic hydroxyl groups is 1. The third-order valence-electron chi connectivity index (χ3n) is 7.47. The van der Waals surface area contributed by atoms with Gasteiger partial charge in [0.25, 0.3) is 0 Å². The van der Waals surface area contributed by atoms with Gasteiger partial charge in [-0.25, -0.2) is 0 Å². The molecule has 166 valence electrons. The molecular weight excluding hydrogens is 386 g/mol. The number of carbonyl (C=O) groups is 1. The number of aliphatic hydroxyl groups excluding tert-OH is 1. The number of methoxy groups -OCH3 is 1. The van der Waals surface area contributed by atoms with Gasteiger partial charge < -0.3 is 9.84 Å². The van der Waals surface area contributed by atoms with Gasteiger partial charge in [0, 0.05) is 12.5 Å². The Morgan fingerprint density at radius 1 is 1.28 bits per heavy atom. The highest BCUT2D eigenvalue weighted by atomic mass is 35.5. The largest absolute Gasteiger partial charge is 0.469 e. The van der Waals surface area contributed by atoms with Crippen molar-refractivity contribution >= 4 is 17.6 Å². The van der Waals surface area contributed by atoms with Gasteiger partial charge in [-0.3, -0.25) is 9.69 Å². The van der Waals surface area contributed by atoms with E-state index in [-0.39, 0.29) is 22.9 Å². The van der Waals surface area contributed by atoms with E-state index in [2.05, 4.69) is 21.8 Å². The van der Waals surface area contributed by atoms with Crippen molar-refractivity contribution in [3.05, 3.63) is 12.2 Å². The Morgan fingerprint density at radius 3 is 2.72 bits per heavy atom. The molecule has 1 N–H and O–H groups in total. The highest BCUT2D eigenvalue weighted by Crippen LogP contribution is 2.53. The fraction of sp³-hybridized carbons (Fsp3) is 0.875. The van der Waals surface area contributed by atoms with Crippen molar-refractivity contribution < 1.29 is 14.6 Å². The lowest BCUT2D eigenvalue weighted by molar-refractivity contribution is -0.140. The molecule has 3 aliphatic rings. The first kappa shape index (κ1) is 23.1. The molecular formula is C24H40ClNO3. The van der Waals surface area contributed by atoms with Crippen LogP contribution < -0.4 is 0 Å². The minimum Gasteiger partial charge on any atom is -0.469 e. The van der Waals surface area contributed by atoms with Gasteiger partial charge in [-0.2, -0.15) is 0 Å². The van der Waals surface area contributed by atoms with Crippen molar-refractivity contribution in [2.45, 2.75) is 101 Å². The predicted molar refractivity (Wildman–Crippen MR) is 118 cm³/mol. The molecule has 0 bridgehead atoms. The van der Waals surface area contributed by atoms with Crippen LogP contribution in [0.5, 0.6) is 0 Å². The predicted octanol–water partition coefficient (Wildman–Crippen LogP) is 5.07. The molecule has 2 saturated carbocycles. The molecule has 0 aromatic rings. The average Bonchev–Trinajstić information content (AvgIpc) is 3.44. The minimum atomic E-state index is -0.135. The van der Waals surface area contributed by atoms with E-state index >= 15 is 0 Å². The van der Waals surface area contributed by atoms with E-state index in [0.29, 0.717) is 12.5 Å². The van der Waals surface area contributed by atoms with Crippen LogP contribution in [0.25, 0.3) is 0 Å². The number of ether oxygens (including phenoxy) is 1. The quantitative estimate of drug-likeness (QED) is 0.194. The number of allylic oxidation sites excluding steroid dienone is 1. The van der Waals surface area contributed by atoms with Crippen LogP contribution >= 0.6 is 11.6 Å². The van der Waals surface area contributed by atoms with Crippen LogP contribution in [0.3, 0.4) is 0 Å². The lowest BCUT2D eigenvalue weighted by Crippen LogP contribution is -2.42. The van der Waals surface area contributed by atoms with Crippen LogP contribution in [-0.2, 0) is 9.53 Å². The number of hydrogen-bond acceptors (Lipinski definition) is 4. The van der Waals surface area contributed by atoms with Crippen molar-refractivity contribution in [3.8, 4) is 0 Å². The number of nitrogens with zero attached hydrogens (tertiary/aromatic N) is 1. The van der Waals surface area contributed by atoms with E-state index in [1.165, 1.54) is 45.6 Å². The topological polar surface area (TPSA) is 49.8 Å². The van der Waals surface area contributed by atoms with Crippen LogP contribution in [-0.4, -0.2) is 53.7 Å². The van der Waals surface area contributed by atoms with Crippen LogP contribution in [0.1, 0.15) is 83.5 Å². The van der Waals surface area contributed by atoms with Gasteiger partial charge in [0.1, 0.15) is 0 Å². The molecule has 3 rings (SSSR count). The Kier molecular flexibility index (Phi) is 8.88. The number of alkyl halides is 1. The summed E-state index contributed by atoms with van der Waals surface area (Å²) in [4.78, 5) is 13.7. The Hall–Kier alpha value is -0.580. The molecule has 1 aliphatic heterocycles. The van der Waals surface area contributed by atoms with Gasteiger partial charge in [0.05, 0.1) is 18.6 Å². The SMILES string of the molecule is COC(=O)CCC/C=C\CC1C(Cl)CCN1CCCC(O)C1(CC2CC2)CCC1. The van der Waals surface area contributed by atoms with E-state index in [0.717, 1.165) is 57.5 Å². The molecule has 0 spiro atoms. The summed E-state index contributed by atoms with van der Waals surface area (Å²) in [5.74, 6) is 0.772. The molecule has 0 amide bonds. The van der Waals surface area contributed by atoms with E-state index in [1.54, 1.807) is 0 Å². The van der Waals surface area contributed by atoms with E-state index in [9.17, 15) is 9.90 Å². The number of hydrogen-bond donors (Lipinski definition) is 1. The van der Waals surface area contributed by atoms with Gasteiger partial charge in [0.2, 0.25) is 0 Å². The standard InChI is InChI=1S/C24H40ClNO3/c1-29-23(28)10-5-3-2-4-8-21-20(25)13-17-26(21)16-6-9-22(27)24(14-7-15-24)18-19-11-12-19/h2,4,19-22,27H,3,5-18H2,1H3/b4-2-. The first-order valence-corrected chi connectivity index (χ1v) is 12.3. The summed E-state index contributed by atoms with van der Waals surface area (Å²) in [6.45, 7) is 2.11. The molecule has 1 saturated heterocycles. The number of halogens is 1. The number of carbonyl (C=O) groups excluding carboxylic acids is 1. The van der Waals surface area contributed by atoms with E-state index in [1.807, 2.05) is 0 Å². The molecule has 0 aromatic heterocycles. The zero-order valence-electron chi connectivity index (χ0n) is 18.2. The summed E-state index contributed by atoms with van der Waals surface area (Å²) in [7, 11) is 1.44. The molecule has 3 fully saturated rings. The summed E-state index contributed by atoms with van der Waals surface area (Å²) < 4.78 is 4.67. The lowest BCUT2D eigenvalue weighted by Gasteiger charge is -2.46. The molecule has 4 nitrogen and oxygen atoms in total. The summed E-state index contributed by atoms with van der Waals surface area (Å²) in [5, 5.41) is 11.1. The summed E-state index contributed by atoms with van der Waals surface area (Å²) in [5.41, 5.74) is 0.257. The van der Waals surface area contributed by atoms with Crippen molar-refractivity contribution in [1.82, 2.24) is 4.90 Å². The smallest absolute Gasteiger partial charge is 0.305 e. The third kappa shape index (κ3) is 6.70. The second kappa shape index (κ2) is 11.2. The molecule has 1 heterocycles. The molecule has 29 heavy (non-hydrogen) atoms. The fourth-order valence-electron chi connectivity index (χ4n) is 5.27. The summed E-state index contributed by atoms with van der Waals surface area (Å²) in [6.07, 6.45) is 18.4. The first-order valence-electron chi connectivity index (χ1n) is 11.8. The monoisotopic (exact) mass is 425 g/mol. The maximum atomic E-state index is 11.1. The van der Waals surface area contributed by atoms with Gasteiger partial charge in [-0.1, -0.05) is 31.4 Å². The van der Waals surface area contributed by atoms with Crippen molar-refractivity contribution in [1.29, 1.82) is 0 Å². The normalized spacial score (nSPS) is 27.8. The second-order valence-electron chi connectivity index (χ2n) is 9.60. The van der Waals surface area contributed by atoms with Gasteiger partial charge >= 0.3 is 5.97 Å². The maximum Gasteiger partial charge on any atom is 0.305 e. The molecule has 3 unspecified atom stereocenters. The zero-order chi connectivity index (χ0) is 20.7. The van der Waals surface area contributed by atoms with E-state index < -0.39 is 0 Å². The lowest BCUT2D eigenvalue weighted by atomic mass is 9.61. The van der Waals surface area contributed by atoms with Gasteiger partial charge in [-0.05, 0) is 82.2 Å². The molecule has 0 radical (unpaired) electrons. The molecule has 0 aromatic carbocycles. The Bertz CT molecular complexity index is 544. The van der Waals surface area contributed by atoms with Gasteiger partial charge in [-0.15, -0.1) is 11.6 Å². The van der Waals surface area contributed by atoms with Crippen LogP contribution in [0.15, 0.2) is 12.2 Å². The molecule has 5 heteroatoms. The summed E-state index contributed by atoms with van der Waals surface area (Å²) >= 11 is 6.60. The third-order valence-corrected chi connectivity index (χ3v) is 7.98. The zero-order valence-corrected chi connectivity index (χ0v) is 18.9. The summed E-state index contributed by atoms with van der Waals surface area (Å²) in [6, 6.07) is 0.398.